The van der Waals surface area contributed by atoms with E-state index in [1.807, 2.05) is 0 Å². The van der Waals surface area contributed by atoms with Crippen molar-refractivity contribution in [3.05, 3.63) is 23.6 Å². The number of rotatable bonds is 5. The average molecular weight is 279 g/mol. The van der Waals surface area contributed by atoms with Gasteiger partial charge in [-0.1, -0.05) is 27.7 Å². The summed E-state index contributed by atoms with van der Waals surface area (Å²) in [6.07, 6.45) is 2.81. The topological polar surface area (TPSA) is 28.2 Å². The molecular formula is C16H26FN3. The molecule has 112 valence electrons. The van der Waals surface area contributed by atoms with E-state index in [2.05, 4.69) is 42.9 Å². The van der Waals surface area contributed by atoms with E-state index in [1.165, 1.54) is 0 Å². The Morgan fingerprint density at radius 1 is 1.45 bits per heavy atom. The van der Waals surface area contributed by atoms with Crippen molar-refractivity contribution in [2.24, 2.45) is 11.3 Å². The number of aromatic nitrogens is 1. The largest absolute Gasteiger partial charge is 0.354 e. The molecule has 1 N–H and O–H groups in total. The fourth-order valence-electron chi connectivity index (χ4n) is 2.62. The van der Waals surface area contributed by atoms with Gasteiger partial charge in [-0.2, -0.15) is 0 Å². The van der Waals surface area contributed by atoms with Crippen LogP contribution in [0.15, 0.2) is 12.3 Å². The second kappa shape index (κ2) is 6.08. The van der Waals surface area contributed by atoms with Crippen LogP contribution < -0.4 is 10.2 Å². The van der Waals surface area contributed by atoms with Crippen LogP contribution >= 0.6 is 0 Å². The summed E-state index contributed by atoms with van der Waals surface area (Å²) in [6.45, 7) is 12.0. The second-order valence-electron chi connectivity index (χ2n) is 6.97. The molecule has 0 aromatic carbocycles. The highest BCUT2D eigenvalue weighted by Crippen LogP contribution is 2.33. The molecule has 1 saturated heterocycles. The van der Waals surface area contributed by atoms with E-state index in [0.717, 1.165) is 26.1 Å². The molecule has 1 aromatic heterocycles. The normalized spacial score (nSPS) is 18.0. The Balaban J connectivity index is 2.07. The molecule has 2 rings (SSSR count). The Bertz CT molecular complexity index is 457. The zero-order chi connectivity index (χ0) is 14.8. The molecule has 4 heteroatoms. The Morgan fingerprint density at radius 3 is 2.80 bits per heavy atom. The quantitative estimate of drug-likeness (QED) is 0.897. The van der Waals surface area contributed by atoms with Gasteiger partial charge in [0.2, 0.25) is 0 Å². The molecule has 20 heavy (non-hydrogen) atoms. The summed E-state index contributed by atoms with van der Waals surface area (Å²) in [5, 5.41) is 3.29. The van der Waals surface area contributed by atoms with Crippen LogP contribution in [0.25, 0.3) is 0 Å². The first kappa shape index (κ1) is 15.2. The van der Waals surface area contributed by atoms with Crippen molar-refractivity contribution in [3.8, 4) is 0 Å². The molecule has 0 atom stereocenters. The molecule has 1 aromatic rings. The number of anilines is 1. The minimum absolute atomic E-state index is 0.165. The van der Waals surface area contributed by atoms with Crippen molar-refractivity contribution in [3.63, 3.8) is 0 Å². The number of halogens is 1. The van der Waals surface area contributed by atoms with Gasteiger partial charge < -0.3 is 10.2 Å². The highest BCUT2D eigenvalue weighted by Gasteiger charge is 2.31. The van der Waals surface area contributed by atoms with Crippen LogP contribution in [0.2, 0.25) is 0 Å². The lowest BCUT2D eigenvalue weighted by atomic mass is 9.93. The first-order valence-electron chi connectivity index (χ1n) is 7.48. The maximum Gasteiger partial charge on any atom is 0.170 e. The average Bonchev–Trinajstić information content (AvgIpc) is 2.71. The highest BCUT2D eigenvalue weighted by molar-refractivity contribution is 5.44. The number of nitrogens with zero attached hydrogens (tertiary/aromatic N) is 2. The maximum atomic E-state index is 14.6. The summed E-state index contributed by atoms with van der Waals surface area (Å²) >= 11 is 0. The first-order valence-corrected chi connectivity index (χ1v) is 7.48. The SMILES string of the molecule is CC(C)CNCc1ccnc(N2CCC(C)(C)C2)c1F. The summed E-state index contributed by atoms with van der Waals surface area (Å²) < 4.78 is 14.6. The molecule has 1 aliphatic heterocycles. The van der Waals surface area contributed by atoms with Crippen LogP contribution in [0.1, 0.15) is 39.7 Å². The van der Waals surface area contributed by atoms with Gasteiger partial charge in [0, 0.05) is 31.4 Å². The zero-order valence-corrected chi connectivity index (χ0v) is 13.0. The predicted octanol–water partition coefficient (Wildman–Crippen LogP) is 3.20. The Morgan fingerprint density at radius 2 is 2.20 bits per heavy atom. The van der Waals surface area contributed by atoms with Crippen molar-refractivity contribution in [1.82, 2.24) is 10.3 Å². The third kappa shape index (κ3) is 3.69. The van der Waals surface area contributed by atoms with E-state index >= 15 is 0 Å². The van der Waals surface area contributed by atoms with E-state index in [1.54, 1.807) is 12.3 Å². The molecular weight excluding hydrogens is 253 g/mol. The lowest BCUT2D eigenvalue weighted by Gasteiger charge is -2.22. The molecule has 2 heterocycles. The van der Waals surface area contributed by atoms with Gasteiger partial charge in [0.1, 0.15) is 0 Å². The second-order valence-corrected chi connectivity index (χ2v) is 6.97. The van der Waals surface area contributed by atoms with E-state index < -0.39 is 0 Å². The molecule has 1 aliphatic rings. The summed E-state index contributed by atoms with van der Waals surface area (Å²) in [5.41, 5.74) is 0.959. The molecule has 1 fully saturated rings. The van der Waals surface area contributed by atoms with Gasteiger partial charge in [-0.05, 0) is 30.4 Å². The van der Waals surface area contributed by atoms with Crippen molar-refractivity contribution >= 4 is 5.82 Å². The van der Waals surface area contributed by atoms with Gasteiger partial charge in [-0.3, -0.25) is 0 Å². The minimum atomic E-state index is -0.165. The van der Waals surface area contributed by atoms with E-state index in [-0.39, 0.29) is 11.2 Å². The molecule has 0 bridgehead atoms. The molecule has 0 amide bonds. The number of hydrogen-bond donors (Lipinski definition) is 1. The number of nitrogens with one attached hydrogen (secondary N) is 1. The van der Waals surface area contributed by atoms with Gasteiger partial charge in [0.05, 0.1) is 0 Å². The fourth-order valence-corrected chi connectivity index (χ4v) is 2.62. The Hall–Kier alpha value is -1.16. The third-order valence-electron chi connectivity index (χ3n) is 3.80. The summed E-state index contributed by atoms with van der Waals surface area (Å²) in [7, 11) is 0. The molecule has 0 unspecified atom stereocenters. The van der Waals surface area contributed by atoms with Crippen molar-refractivity contribution in [1.29, 1.82) is 0 Å². The molecule has 0 saturated carbocycles. The van der Waals surface area contributed by atoms with Crippen molar-refractivity contribution in [2.45, 2.75) is 40.7 Å². The predicted molar refractivity (Wildman–Crippen MR) is 81.4 cm³/mol. The van der Waals surface area contributed by atoms with Gasteiger partial charge in [-0.25, -0.2) is 9.37 Å². The van der Waals surface area contributed by atoms with Gasteiger partial charge >= 0.3 is 0 Å². The maximum absolute atomic E-state index is 14.6. The van der Waals surface area contributed by atoms with Gasteiger partial charge in [0.15, 0.2) is 11.6 Å². The third-order valence-corrected chi connectivity index (χ3v) is 3.80. The summed E-state index contributed by atoms with van der Waals surface area (Å²) in [6, 6.07) is 1.77. The zero-order valence-electron chi connectivity index (χ0n) is 13.0. The van der Waals surface area contributed by atoms with E-state index in [4.69, 9.17) is 0 Å². The van der Waals surface area contributed by atoms with E-state index in [0.29, 0.717) is 23.8 Å². The molecule has 3 nitrogen and oxygen atoms in total. The van der Waals surface area contributed by atoms with Crippen LogP contribution in [-0.4, -0.2) is 24.6 Å². The molecule has 0 radical (unpaired) electrons. The molecule has 0 spiro atoms. The standard InChI is InChI=1S/C16H26FN3/c1-12(2)9-18-10-13-5-7-19-15(14(13)17)20-8-6-16(3,4)11-20/h5,7,12,18H,6,8-11H2,1-4H3. The minimum Gasteiger partial charge on any atom is -0.354 e. The van der Waals surface area contributed by atoms with Crippen LogP contribution in [0.4, 0.5) is 10.2 Å². The van der Waals surface area contributed by atoms with E-state index in [9.17, 15) is 4.39 Å². The van der Waals surface area contributed by atoms with Crippen molar-refractivity contribution in [2.75, 3.05) is 24.5 Å². The van der Waals surface area contributed by atoms with Crippen LogP contribution in [-0.2, 0) is 6.54 Å². The van der Waals surface area contributed by atoms with Gasteiger partial charge in [-0.15, -0.1) is 0 Å². The van der Waals surface area contributed by atoms with Crippen LogP contribution in [0.5, 0.6) is 0 Å². The summed E-state index contributed by atoms with van der Waals surface area (Å²) in [4.78, 5) is 6.32. The Kier molecular flexibility index (Phi) is 4.63. The highest BCUT2D eigenvalue weighted by atomic mass is 19.1. The van der Waals surface area contributed by atoms with Gasteiger partial charge in [0.25, 0.3) is 0 Å². The monoisotopic (exact) mass is 279 g/mol. The fraction of sp³-hybridized carbons (Fsp3) is 0.688. The van der Waals surface area contributed by atoms with Crippen molar-refractivity contribution < 1.29 is 4.39 Å². The van der Waals surface area contributed by atoms with Crippen LogP contribution in [0.3, 0.4) is 0 Å². The summed E-state index contributed by atoms with van der Waals surface area (Å²) in [5.74, 6) is 0.916. The number of pyridine rings is 1. The van der Waals surface area contributed by atoms with Crippen LogP contribution in [0, 0.1) is 17.2 Å². The number of hydrogen-bond acceptors (Lipinski definition) is 3. The lowest BCUT2D eigenvalue weighted by molar-refractivity contribution is 0.418. The lowest BCUT2D eigenvalue weighted by Crippen LogP contribution is -2.26. The first-order chi connectivity index (χ1) is 9.39. The Labute approximate surface area is 121 Å². The molecule has 0 aliphatic carbocycles. The smallest absolute Gasteiger partial charge is 0.170 e.